The lowest BCUT2D eigenvalue weighted by Crippen LogP contribution is -2.41. The Morgan fingerprint density at radius 2 is 2.19 bits per heavy atom. The fourth-order valence-corrected chi connectivity index (χ4v) is 2.79. The molecule has 3 unspecified atom stereocenters. The first-order valence-electron chi connectivity index (χ1n) is 6.01. The van der Waals surface area contributed by atoms with Crippen molar-refractivity contribution >= 4 is 6.29 Å². The Balaban J connectivity index is 2.29. The summed E-state index contributed by atoms with van der Waals surface area (Å²) in [7, 11) is 0. The van der Waals surface area contributed by atoms with E-state index in [1.54, 1.807) is 0 Å². The van der Waals surface area contributed by atoms with Gasteiger partial charge in [-0.1, -0.05) is 25.1 Å². The molecule has 0 spiro atoms. The van der Waals surface area contributed by atoms with Crippen LogP contribution in [0.3, 0.4) is 0 Å². The Labute approximate surface area is 97.1 Å². The highest BCUT2D eigenvalue weighted by Gasteiger charge is 2.28. The summed E-state index contributed by atoms with van der Waals surface area (Å²) >= 11 is 0. The van der Waals surface area contributed by atoms with Gasteiger partial charge in [-0.2, -0.15) is 0 Å². The maximum atomic E-state index is 10.8. The molecule has 0 saturated carbocycles. The lowest BCUT2D eigenvalue weighted by Gasteiger charge is -2.36. The zero-order chi connectivity index (χ0) is 11.5. The second kappa shape index (κ2) is 4.79. The zero-order valence-electron chi connectivity index (χ0n) is 9.94. The molecular formula is C14H19NO. The maximum absolute atomic E-state index is 10.8. The number of benzene rings is 1. The molecule has 1 fully saturated rings. The molecule has 0 amide bonds. The molecule has 0 bridgehead atoms. The quantitative estimate of drug-likeness (QED) is 0.771. The molecule has 3 atom stereocenters. The van der Waals surface area contributed by atoms with Crippen LogP contribution in [-0.4, -0.2) is 18.9 Å². The summed E-state index contributed by atoms with van der Waals surface area (Å²) < 4.78 is 0. The van der Waals surface area contributed by atoms with Crippen molar-refractivity contribution in [1.29, 1.82) is 0 Å². The molecule has 2 heteroatoms. The smallest absolute Gasteiger partial charge is 0.150 e. The molecule has 1 aliphatic heterocycles. The van der Waals surface area contributed by atoms with E-state index in [4.69, 9.17) is 0 Å². The molecule has 86 valence electrons. The van der Waals surface area contributed by atoms with Crippen molar-refractivity contribution in [3.05, 3.63) is 35.4 Å². The first-order valence-corrected chi connectivity index (χ1v) is 6.01. The van der Waals surface area contributed by atoms with Gasteiger partial charge in [-0.25, -0.2) is 0 Å². The van der Waals surface area contributed by atoms with E-state index in [-0.39, 0.29) is 0 Å². The average molecular weight is 217 g/mol. The van der Waals surface area contributed by atoms with Crippen LogP contribution in [0.1, 0.15) is 42.1 Å². The minimum absolute atomic E-state index is 0.491. The molecular weight excluding hydrogens is 198 g/mol. The van der Waals surface area contributed by atoms with Gasteiger partial charge >= 0.3 is 0 Å². The van der Waals surface area contributed by atoms with Crippen LogP contribution in [0.2, 0.25) is 0 Å². The van der Waals surface area contributed by atoms with Crippen molar-refractivity contribution in [2.24, 2.45) is 5.92 Å². The second-order valence-electron chi connectivity index (χ2n) is 4.82. The van der Waals surface area contributed by atoms with Gasteiger partial charge in [0, 0.05) is 17.5 Å². The summed E-state index contributed by atoms with van der Waals surface area (Å²) in [5.74, 6) is 1.20. The Kier molecular flexibility index (Phi) is 3.39. The molecule has 1 saturated heterocycles. The molecule has 1 aromatic carbocycles. The van der Waals surface area contributed by atoms with Crippen molar-refractivity contribution < 1.29 is 4.79 Å². The Hall–Kier alpha value is -1.15. The van der Waals surface area contributed by atoms with Crippen molar-refractivity contribution in [1.82, 2.24) is 5.32 Å². The second-order valence-corrected chi connectivity index (χ2v) is 4.82. The summed E-state index contributed by atoms with van der Waals surface area (Å²) in [5, 5.41) is 3.51. The lowest BCUT2D eigenvalue weighted by atomic mass is 9.78. The Morgan fingerprint density at radius 3 is 2.88 bits per heavy atom. The molecule has 1 heterocycles. The molecule has 2 nitrogen and oxygen atoms in total. The van der Waals surface area contributed by atoms with E-state index in [2.05, 4.69) is 25.2 Å². The van der Waals surface area contributed by atoms with Crippen LogP contribution in [0, 0.1) is 5.92 Å². The van der Waals surface area contributed by atoms with E-state index in [0.29, 0.717) is 17.9 Å². The molecule has 16 heavy (non-hydrogen) atoms. The molecule has 1 N–H and O–H groups in total. The minimum Gasteiger partial charge on any atom is -0.314 e. The van der Waals surface area contributed by atoms with Gasteiger partial charge in [0.25, 0.3) is 0 Å². The van der Waals surface area contributed by atoms with Crippen molar-refractivity contribution in [2.45, 2.75) is 32.2 Å². The van der Waals surface area contributed by atoms with Gasteiger partial charge in [0.1, 0.15) is 6.29 Å². The van der Waals surface area contributed by atoms with E-state index < -0.39 is 0 Å². The van der Waals surface area contributed by atoms with E-state index in [1.165, 1.54) is 12.0 Å². The fraction of sp³-hybridized carbons (Fsp3) is 0.500. The molecule has 0 aliphatic carbocycles. The summed E-state index contributed by atoms with van der Waals surface area (Å²) in [6, 6.07) is 8.50. The van der Waals surface area contributed by atoms with Gasteiger partial charge in [-0.05, 0) is 37.4 Å². The predicted octanol–water partition coefficient (Wildman–Crippen LogP) is 2.60. The van der Waals surface area contributed by atoms with Crippen LogP contribution in [0.5, 0.6) is 0 Å². The standard InChI is InChI=1S/C14H19NO/c1-10-6-7-15-11(2)14(10)13-5-3-4-12(8-13)9-16/h3-5,8-11,14-15H,6-7H2,1-2H3. The van der Waals surface area contributed by atoms with Gasteiger partial charge in [-0.15, -0.1) is 0 Å². The third-order valence-electron chi connectivity index (χ3n) is 3.65. The average Bonchev–Trinajstić information content (AvgIpc) is 2.29. The van der Waals surface area contributed by atoms with Crippen LogP contribution in [0.4, 0.5) is 0 Å². The van der Waals surface area contributed by atoms with Crippen molar-refractivity contribution in [2.75, 3.05) is 6.54 Å². The van der Waals surface area contributed by atoms with Crippen LogP contribution in [-0.2, 0) is 0 Å². The lowest BCUT2D eigenvalue weighted by molar-refractivity contribution is 0.112. The molecule has 1 aromatic rings. The van der Waals surface area contributed by atoms with Gasteiger partial charge in [0.05, 0.1) is 0 Å². The summed E-state index contributed by atoms with van der Waals surface area (Å²) in [5.41, 5.74) is 2.07. The van der Waals surface area contributed by atoms with Crippen LogP contribution >= 0.6 is 0 Å². The van der Waals surface area contributed by atoms with Crippen LogP contribution in [0.15, 0.2) is 24.3 Å². The number of carbonyl (C=O) groups is 1. The SMILES string of the molecule is CC1CCNC(C)C1c1cccc(C=O)c1. The number of nitrogens with one attached hydrogen (secondary N) is 1. The summed E-state index contributed by atoms with van der Waals surface area (Å²) in [6.07, 6.45) is 2.13. The molecule has 0 radical (unpaired) electrons. The van der Waals surface area contributed by atoms with E-state index in [0.717, 1.165) is 18.4 Å². The molecule has 1 aliphatic rings. The number of piperidine rings is 1. The van der Waals surface area contributed by atoms with Gasteiger partial charge in [0.15, 0.2) is 0 Å². The van der Waals surface area contributed by atoms with E-state index >= 15 is 0 Å². The van der Waals surface area contributed by atoms with Gasteiger partial charge in [-0.3, -0.25) is 4.79 Å². The van der Waals surface area contributed by atoms with Crippen molar-refractivity contribution in [3.8, 4) is 0 Å². The highest BCUT2D eigenvalue weighted by molar-refractivity contribution is 5.75. The third kappa shape index (κ3) is 2.17. The fourth-order valence-electron chi connectivity index (χ4n) is 2.79. The monoisotopic (exact) mass is 217 g/mol. The number of hydrogen-bond acceptors (Lipinski definition) is 2. The number of hydrogen-bond donors (Lipinski definition) is 1. The van der Waals surface area contributed by atoms with Crippen LogP contribution in [0.25, 0.3) is 0 Å². The topological polar surface area (TPSA) is 29.1 Å². The normalized spacial score (nSPS) is 30.0. The van der Waals surface area contributed by atoms with E-state index in [9.17, 15) is 4.79 Å². The number of aldehydes is 1. The first-order chi connectivity index (χ1) is 7.72. The predicted molar refractivity (Wildman–Crippen MR) is 65.8 cm³/mol. The van der Waals surface area contributed by atoms with Gasteiger partial charge in [0.2, 0.25) is 0 Å². The Bertz CT molecular complexity index is 365. The highest BCUT2D eigenvalue weighted by atomic mass is 16.1. The highest BCUT2D eigenvalue weighted by Crippen LogP contribution is 2.33. The number of rotatable bonds is 2. The molecule has 2 rings (SSSR count). The van der Waals surface area contributed by atoms with E-state index in [1.807, 2.05) is 18.2 Å². The molecule has 0 aromatic heterocycles. The summed E-state index contributed by atoms with van der Waals surface area (Å²) in [4.78, 5) is 10.8. The minimum atomic E-state index is 0.491. The summed E-state index contributed by atoms with van der Waals surface area (Å²) in [6.45, 7) is 5.63. The third-order valence-corrected chi connectivity index (χ3v) is 3.65. The maximum Gasteiger partial charge on any atom is 0.150 e. The largest absolute Gasteiger partial charge is 0.314 e. The van der Waals surface area contributed by atoms with Crippen LogP contribution < -0.4 is 5.32 Å². The Morgan fingerprint density at radius 1 is 1.38 bits per heavy atom. The first kappa shape index (κ1) is 11.3. The van der Waals surface area contributed by atoms with Gasteiger partial charge < -0.3 is 5.32 Å². The number of carbonyl (C=O) groups excluding carboxylic acids is 1. The zero-order valence-corrected chi connectivity index (χ0v) is 9.94. The van der Waals surface area contributed by atoms with Crippen molar-refractivity contribution in [3.63, 3.8) is 0 Å².